The number of hydrogen-bond donors (Lipinski definition) is 1. The zero-order chi connectivity index (χ0) is 21.3. The molecule has 0 aliphatic carbocycles. The van der Waals surface area contributed by atoms with E-state index < -0.39 is 17.3 Å². The zero-order valence-corrected chi connectivity index (χ0v) is 16.4. The van der Waals surface area contributed by atoms with E-state index in [0.29, 0.717) is 20.7 Å². The first-order chi connectivity index (χ1) is 14.5. The Labute approximate surface area is 176 Å². The Bertz CT molecular complexity index is 1310. The van der Waals surface area contributed by atoms with Crippen molar-refractivity contribution < 1.29 is 19.0 Å². The highest BCUT2D eigenvalue weighted by Crippen LogP contribution is 2.37. The van der Waals surface area contributed by atoms with E-state index in [1.165, 1.54) is 18.3 Å². The maximum atomic E-state index is 12.9. The number of nitrogens with zero attached hydrogens (tertiary/aromatic N) is 1. The summed E-state index contributed by atoms with van der Waals surface area (Å²) in [6, 6.07) is 17.8. The van der Waals surface area contributed by atoms with Crippen molar-refractivity contribution in [1.82, 2.24) is 0 Å². The molecular formula is C23H16ClNO5. The highest BCUT2D eigenvalue weighted by molar-refractivity contribution is 6.30. The summed E-state index contributed by atoms with van der Waals surface area (Å²) in [7, 11) is 0. The maximum Gasteiger partial charge on any atom is 0.343 e. The molecule has 150 valence electrons. The summed E-state index contributed by atoms with van der Waals surface area (Å²) in [6.45, 7) is 0. The minimum Gasteiger partial charge on any atom is -0.618 e. The van der Waals surface area contributed by atoms with Crippen molar-refractivity contribution in [2.75, 3.05) is 0 Å². The van der Waals surface area contributed by atoms with Crippen LogP contribution in [0.4, 0.5) is 0 Å². The molecule has 0 radical (unpaired) electrons. The van der Waals surface area contributed by atoms with Crippen LogP contribution in [0, 0.1) is 5.21 Å². The van der Waals surface area contributed by atoms with Crippen molar-refractivity contribution in [3.05, 3.63) is 110 Å². The molecule has 1 N–H and O–H groups in total. The van der Waals surface area contributed by atoms with E-state index in [2.05, 4.69) is 0 Å². The van der Waals surface area contributed by atoms with Gasteiger partial charge in [0, 0.05) is 29.5 Å². The van der Waals surface area contributed by atoms with Gasteiger partial charge in [-0.1, -0.05) is 35.9 Å². The Morgan fingerprint density at radius 1 is 1.10 bits per heavy atom. The molecule has 0 amide bonds. The summed E-state index contributed by atoms with van der Waals surface area (Å²) in [5, 5.41) is 23.7. The van der Waals surface area contributed by atoms with Gasteiger partial charge in [0.15, 0.2) is 6.20 Å². The van der Waals surface area contributed by atoms with Gasteiger partial charge in [0.2, 0.25) is 5.78 Å². The molecule has 0 bridgehead atoms. The lowest BCUT2D eigenvalue weighted by atomic mass is 9.86. The van der Waals surface area contributed by atoms with Crippen molar-refractivity contribution in [3.63, 3.8) is 0 Å². The van der Waals surface area contributed by atoms with Crippen LogP contribution in [0.2, 0.25) is 5.02 Å². The zero-order valence-electron chi connectivity index (χ0n) is 15.6. The Morgan fingerprint density at radius 3 is 2.63 bits per heavy atom. The Balaban J connectivity index is 1.89. The molecule has 1 atom stereocenters. The SMILES string of the molecule is O=C(C[C@H](c1cccc(Cl)c1)c1c(O)c2ccccc2oc1=O)c1cccc[n+]1[O-]. The second-order valence-electron chi connectivity index (χ2n) is 6.79. The van der Waals surface area contributed by atoms with Crippen LogP contribution in [-0.4, -0.2) is 10.9 Å². The fraction of sp³-hybridized carbons (Fsp3) is 0.0870. The molecule has 2 aromatic carbocycles. The quantitative estimate of drug-likeness (QED) is 0.225. The van der Waals surface area contributed by atoms with Gasteiger partial charge in [0.05, 0.1) is 10.9 Å². The van der Waals surface area contributed by atoms with E-state index in [1.54, 1.807) is 54.6 Å². The van der Waals surface area contributed by atoms with Gasteiger partial charge >= 0.3 is 5.63 Å². The molecule has 0 saturated heterocycles. The number of aromatic hydroxyl groups is 1. The van der Waals surface area contributed by atoms with Crippen LogP contribution in [-0.2, 0) is 0 Å². The normalized spacial score (nSPS) is 12.0. The largest absolute Gasteiger partial charge is 0.618 e. The standard InChI is InChI=1S/C23H16ClNO5/c24-15-7-5-6-14(12-15)17(13-19(26)18-9-3-4-11-25(18)29)21-22(27)16-8-1-2-10-20(16)30-23(21)28/h1-12,17,27H,13H2/t17-/m1/s1. The predicted molar refractivity (Wildman–Crippen MR) is 112 cm³/mol. The molecule has 2 heterocycles. The lowest BCUT2D eigenvalue weighted by molar-refractivity contribution is -0.607. The van der Waals surface area contributed by atoms with Crippen molar-refractivity contribution >= 4 is 28.4 Å². The van der Waals surface area contributed by atoms with Gasteiger partial charge in [-0.15, -0.1) is 0 Å². The van der Waals surface area contributed by atoms with E-state index in [0.717, 1.165) is 0 Å². The molecular weight excluding hydrogens is 406 g/mol. The van der Waals surface area contributed by atoms with E-state index in [1.807, 2.05) is 0 Å². The molecule has 0 saturated carbocycles. The smallest absolute Gasteiger partial charge is 0.343 e. The number of rotatable bonds is 5. The number of benzene rings is 2. The molecule has 0 aliphatic rings. The Morgan fingerprint density at radius 2 is 1.87 bits per heavy atom. The number of hydrogen-bond acceptors (Lipinski definition) is 5. The van der Waals surface area contributed by atoms with E-state index in [9.17, 15) is 19.9 Å². The number of ketones is 1. The first-order valence-electron chi connectivity index (χ1n) is 9.17. The first kappa shape index (κ1) is 19.7. The highest BCUT2D eigenvalue weighted by atomic mass is 35.5. The summed E-state index contributed by atoms with van der Waals surface area (Å²) in [5.74, 6) is -1.61. The van der Waals surface area contributed by atoms with Crippen molar-refractivity contribution in [2.24, 2.45) is 0 Å². The molecule has 7 heteroatoms. The maximum absolute atomic E-state index is 12.9. The van der Waals surface area contributed by atoms with Crippen LogP contribution >= 0.6 is 11.6 Å². The third-order valence-electron chi connectivity index (χ3n) is 4.92. The Hall–Kier alpha value is -3.64. The number of para-hydroxylation sites is 1. The van der Waals surface area contributed by atoms with E-state index >= 15 is 0 Å². The number of fused-ring (bicyclic) bond motifs is 1. The van der Waals surface area contributed by atoms with Crippen LogP contribution in [0.15, 0.2) is 82.1 Å². The second kappa shape index (κ2) is 8.00. The Kier molecular flexibility index (Phi) is 5.25. The van der Waals surface area contributed by atoms with Gasteiger partial charge < -0.3 is 14.7 Å². The molecule has 4 aromatic rings. The van der Waals surface area contributed by atoms with E-state index in [4.69, 9.17) is 16.0 Å². The van der Waals surface area contributed by atoms with Gasteiger partial charge in [0.1, 0.15) is 11.3 Å². The van der Waals surface area contributed by atoms with E-state index in [-0.39, 0.29) is 29.0 Å². The second-order valence-corrected chi connectivity index (χ2v) is 7.23. The first-order valence-corrected chi connectivity index (χ1v) is 9.55. The van der Waals surface area contributed by atoms with Crippen LogP contribution in [0.25, 0.3) is 11.0 Å². The van der Waals surface area contributed by atoms with Crippen molar-refractivity contribution in [1.29, 1.82) is 0 Å². The van der Waals surface area contributed by atoms with Gasteiger partial charge in [0.25, 0.3) is 5.69 Å². The molecule has 0 spiro atoms. The van der Waals surface area contributed by atoms with Gasteiger partial charge in [-0.25, -0.2) is 4.79 Å². The van der Waals surface area contributed by atoms with Crippen molar-refractivity contribution in [2.45, 2.75) is 12.3 Å². The van der Waals surface area contributed by atoms with Crippen molar-refractivity contribution in [3.8, 4) is 5.75 Å². The minimum absolute atomic E-state index is 0.0577. The number of carbonyl (C=O) groups is 1. The molecule has 0 fully saturated rings. The van der Waals surface area contributed by atoms with Gasteiger partial charge in [-0.2, -0.15) is 4.73 Å². The average molecular weight is 422 g/mol. The van der Waals surface area contributed by atoms with Crippen LogP contribution in [0.3, 0.4) is 0 Å². The summed E-state index contributed by atoms with van der Waals surface area (Å²) in [6.07, 6.45) is 0.993. The molecule has 30 heavy (non-hydrogen) atoms. The lowest BCUT2D eigenvalue weighted by Crippen LogP contribution is -2.34. The number of Topliss-reactive ketones (excluding diaryl/α,β-unsaturated/α-hetero) is 1. The minimum atomic E-state index is -0.864. The fourth-order valence-corrected chi connectivity index (χ4v) is 3.70. The topological polar surface area (TPSA) is 94.4 Å². The number of halogens is 1. The average Bonchev–Trinajstić information content (AvgIpc) is 2.73. The molecule has 0 aliphatic heterocycles. The summed E-state index contributed by atoms with van der Waals surface area (Å²) in [5.41, 5.74) is -0.0959. The van der Waals surface area contributed by atoms with Crippen LogP contribution in [0.1, 0.15) is 34.0 Å². The molecule has 6 nitrogen and oxygen atoms in total. The van der Waals surface area contributed by atoms with Crippen LogP contribution < -0.4 is 10.4 Å². The van der Waals surface area contributed by atoms with Crippen LogP contribution in [0.5, 0.6) is 5.75 Å². The summed E-state index contributed by atoms with van der Waals surface area (Å²) < 4.78 is 5.86. The molecule has 4 rings (SSSR count). The summed E-state index contributed by atoms with van der Waals surface area (Å²) in [4.78, 5) is 25.7. The summed E-state index contributed by atoms with van der Waals surface area (Å²) >= 11 is 6.13. The predicted octanol–water partition coefficient (Wildman–Crippen LogP) is 4.19. The van der Waals surface area contributed by atoms with Gasteiger partial charge in [-0.05, 0) is 35.9 Å². The molecule has 2 aromatic heterocycles. The lowest BCUT2D eigenvalue weighted by Gasteiger charge is -2.18. The monoisotopic (exact) mass is 421 g/mol. The van der Waals surface area contributed by atoms with Gasteiger partial charge in [-0.3, -0.25) is 4.79 Å². The third-order valence-corrected chi connectivity index (χ3v) is 5.15. The number of aromatic nitrogens is 1. The highest BCUT2D eigenvalue weighted by Gasteiger charge is 2.29. The number of carbonyl (C=O) groups excluding carboxylic acids is 1. The third kappa shape index (κ3) is 3.65. The fourth-order valence-electron chi connectivity index (χ4n) is 3.50. The molecule has 0 unspecified atom stereocenters. The number of pyridine rings is 1.